The van der Waals surface area contributed by atoms with Gasteiger partial charge in [0.05, 0.1) is 0 Å². The molecule has 0 amide bonds. The molecule has 3 rings (SSSR count). The molecule has 110 valence electrons. The normalized spacial score (nSPS) is 27.9. The number of hydrogen-bond acceptors (Lipinski definition) is 1. The lowest BCUT2D eigenvalue weighted by Gasteiger charge is -2.42. The van der Waals surface area contributed by atoms with Crippen LogP contribution in [0.3, 0.4) is 0 Å². The molecule has 1 aromatic rings. The van der Waals surface area contributed by atoms with Crippen molar-refractivity contribution in [2.75, 3.05) is 0 Å². The summed E-state index contributed by atoms with van der Waals surface area (Å²) in [6.07, 6.45) is 9.49. The van der Waals surface area contributed by atoms with Gasteiger partial charge in [-0.05, 0) is 54.1 Å². The van der Waals surface area contributed by atoms with Gasteiger partial charge in [0, 0.05) is 6.04 Å². The maximum atomic E-state index is 6.62. The summed E-state index contributed by atoms with van der Waals surface area (Å²) in [6, 6.07) is 9.45. The van der Waals surface area contributed by atoms with Gasteiger partial charge in [-0.25, -0.2) is 0 Å². The van der Waals surface area contributed by atoms with Crippen molar-refractivity contribution < 1.29 is 0 Å². The average Bonchev–Trinajstić information content (AvgIpc) is 2.36. The van der Waals surface area contributed by atoms with Gasteiger partial charge in [0.15, 0.2) is 0 Å². The van der Waals surface area contributed by atoms with Crippen molar-refractivity contribution in [3.8, 4) is 0 Å². The lowest BCUT2D eigenvalue weighted by atomic mass is 9.65. The largest absolute Gasteiger partial charge is 0.324 e. The third-order valence-corrected chi connectivity index (χ3v) is 5.92. The van der Waals surface area contributed by atoms with Crippen molar-refractivity contribution >= 4 is 0 Å². The van der Waals surface area contributed by atoms with Crippen LogP contribution >= 0.6 is 0 Å². The zero-order valence-corrected chi connectivity index (χ0v) is 13.1. The summed E-state index contributed by atoms with van der Waals surface area (Å²) in [7, 11) is 0. The van der Waals surface area contributed by atoms with Crippen molar-refractivity contribution in [3.63, 3.8) is 0 Å². The van der Waals surface area contributed by atoms with Gasteiger partial charge in [-0.15, -0.1) is 0 Å². The van der Waals surface area contributed by atoms with E-state index in [1.807, 2.05) is 0 Å². The smallest absolute Gasteiger partial charge is 0.0328 e. The molecule has 0 heterocycles. The minimum atomic E-state index is 0.209. The summed E-state index contributed by atoms with van der Waals surface area (Å²) in [5, 5.41) is 0. The summed E-state index contributed by atoms with van der Waals surface area (Å²) >= 11 is 0. The second-order valence-corrected chi connectivity index (χ2v) is 7.66. The summed E-state index contributed by atoms with van der Waals surface area (Å²) in [5.74, 6) is 1.46. The van der Waals surface area contributed by atoms with Crippen molar-refractivity contribution in [3.05, 3.63) is 35.4 Å². The third kappa shape index (κ3) is 2.65. The Morgan fingerprint density at radius 1 is 1.00 bits per heavy atom. The highest BCUT2D eigenvalue weighted by atomic mass is 14.7. The highest BCUT2D eigenvalue weighted by Crippen LogP contribution is 2.46. The molecule has 2 atom stereocenters. The molecule has 2 saturated carbocycles. The maximum Gasteiger partial charge on any atom is 0.0328 e. The van der Waals surface area contributed by atoms with Crippen LogP contribution in [0.5, 0.6) is 0 Å². The van der Waals surface area contributed by atoms with Gasteiger partial charge in [-0.1, -0.05) is 57.4 Å². The molecule has 0 bridgehead atoms. The van der Waals surface area contributed by atoms with Crippen LogP contribution in [-0.4, -0.2) is 0 Å². The predicted octanol–water partition coefficient (Wildman–Crippen LogP) is 5.17. The molecular formula is C19H29N. The van der Waals surface area contributed by atoms with E-state index in [1.54, 1.807) is 0 Å². The second-order valence-electron chi connectivity index (χ2n) is 7.66. The molecule has 1 heteroatoms. The first-order chi connectivity index (χ1) is 9.58. The van der Waals surface area contributed by atoms with Crippen LogP contribution in [0.4, 0.5) is 0 Å². The number of rotatable bonds is 3. The molecule has 2 fully saturated rings. The molecule has 2 unspecified atom stereocenters. The molecule has 0 radical (unpaired) electrons. The Hall–Kier alpha value is -0.820. The van der Waals surface area contributed by atoms with Gasteiger partial charge in [0.1, 0.15) is 0 Å². The Kier molecular flexibility index (Phi) is 3.90. The van der Waals surface area contributed by atoms with E-state index in [0.29, 0.717) is 11.3 Å². The van der Waals surface area contributed by atoms with Crippen LogP contribution in [0.25, 0.3) is 0 Å². The summed E-state index contributed by atoms with van der Waals surface area (Å²) < 4.78 is 0. The quantitative estimate of drug-likeness (QED) is 0.806. The van der Waals surface area contributed by atoms with E-state index in [4.69, 9.17) is 5.73 Å². The van der Waals surface area contributed by atoms with E-state index in [1.165, 1.54) is 56.1 Å². The maximum absolute atomic E-state index is 6.62. The standard InChI is InChI=1S/C19H29N/c1-19(2)13-4-3-8-17(19)18(20)16-11-9-15(10-12-16)14-6-5-7-14/h9-12,14,17-18H,3-8,13,20H2,1-2H3. The fourth-order valence-electron chi connectivity index (χ4n) is 4.15. The molecule has 20 heavy (non-hydrogen) atoms. The van der Waals surface area contributed by atoms with Gasteiger partial charge in [0.2, 0.25) is 0 Å². The van der Waals surface area contributed by atoms with E-state index in [2.05, 4.69) is 38.1 Å². The minimum Gasteiger partial charge on any atom is -0.324 e. The molecular weight excluding hydrogens is 242 g/mol. The van der Waals surface area contributed by atoms with Crippen LogP contribution in [-0.2, 0) is 0 Å². The Bertz CT molecular complexity index is 441. The molecule has 0 aromatic heterocycles. The first kappa shape index (κ1) is 14.1. The van der Waals surface area contributed by atoms with Crippen molar-refractivity contribution in [2.45, 2.75) is 70.8 Å². The lowest BCUT2D eigenvalue weighted by Crippen LogP contribution is -2.36. The van der Waals surface area contributed by atoms with E-state index in [-0.39, 0.29) is 6.04 Å². The van der Waals surface area contributed by atoms with Gasteiger partial charge in [-0.3, -0.25) is 0 Å². The van der Waals surface area contributed by atoms with Crippen LogP contribution in [0.1, 0.15) is 81.9 Å². The Morgan fingerprint density at radius 2 is 1.70 bits per heavy atom. The lowest BCUT2D eigenvalue weighted by molar-refractivity contribution is 0.112. The Morgan fingerprint density at radius 3 is 2.25 bits per heavy atom. The molecule has 1 aromatic carbocycles. The third-order valence-electron chi connectivity index (χ3n) is 5.92. The van der Waals surface area contributed by atoms with Crippen LogP contribution in [0.15, 0.2) is 24.3 Å². The average molecular weight is 271 g/mol. The number of hydrogen-bond donors (Lipinski definition) is 1. The first-order valence-electron chi connectivity index (χ1n) is 8.43. The summed E-state index contributed by atoms with van der Waals surface area (Å²) in [6.45, 7) is 4.80. The number of benzene rings is 1. The monoisotopic (exact) mass is 271 g/mol. The first-order valence-corrected chi connectivity index (χ1v) is 8.43. The minimum absolute atomic E-state index is 0.209. The fraction of sp³-hybridized carbons (Fsp3) is 0.684. The SMILES string of the molecule is CC1(C)CCCCC1C(N)c1ccc(C2CCC2)cc1. The van der Waals surface area contributed by atoms with Crippen LogP contribution in [0, 0.1) is 11.3 Å². The molecule has 0 saturated heterocycles. The van der Waals surface area contributed by atoms with Crippen molar-refractivity contribution in [2.24, 2.45) is 17.1 Å². The predicted molar refractivity (Wildman–Crippen MR) is 85.7 cm³/mol. The molecule has 1 nitrogen and oxygen atoms in total. The molecule has 2 aliphatic rings. The zero-order chi connectivity index (χ0) is 14.2. The van der Waals surface area contributed by atoms with Gasteiger partial charge < -0.3 is 5.73 Å². The highest BCUT2D eigenvalue weighted by Gasteiger charge is 2.36. The molecule has 2 aliphatic carbocycles. The van der Waals surface area contributed by atoms with Gasteiger partial charge in [0.25, 0.3) is 0 Å². The van der Waals surface area contributed by atoms with E-state index in [9.17, 15) is 0 Å². The van der Waals surface area contributed by atoms with Gasteiger partial charge in [-0.2, -0.15) is 0 Å². The Balaban J connectivity index is 1.74. The van der Waals surface area contributed by atoms with E-state index >= 15 is 0 Å². The fourth-order valence-corrected chi connectivity index (χ4v) is 4.15. The summed E-state index contributed by atoms with van der Waals surface area (Å²) in [5.41, 5.74) is 9.88. The topological polar surface area (TPSA) is 26.0 Å². The van der Waals surface area contributed by atoms with Crippen LogP contribution in [0.2, 0.25) is 0 Å². The Labute approximate surface area is 124 Å². The second kappa shape index (κ2) is 5.52. The van der Waals surface area contributed by atoms with E-state index < -0.39 is 0 Å². The van der Waals surface area contributed by atoms with Crippen molar-refractivity contribution in [1.82, 2.24) is 0 Å². The van der Waals surface area contributed by atoms with Crippen LogP contribution < -0.4 is 5.73 Å². The number of nitrogens with two attached hydrogens (primary N) is 1. The van der Waals surface area contributed by atoms with Crippen molar-refractivity contribution in [1.29, 1.82) is 0 Å². The molecule has 2 N–H and O–H groups in total. The molecule has 0 aliphatic heterocycles. The van der Waals surface area contributed by atoms with Gasteiger partial charge >= 0.3 is 0 Å². The highest BCUT2D eigenvalue weighted by molar-refractivity contribution is 5.29. The molecule has 0 spiro atoms. The summed E-state index contributed by atoms with van der Waals surface area (Å²) in [4.78, 5) is 0. The van der Waals surface area contributed by atoms with E-state index in [0.717, 1.165) is 5.92 Å². The zero-order valence-electron chi connectivity index (χ0n) is 13.1.